The van der Waals surface area contributed by atoms with Crippen molar-refractivity contribution in [2.75, 3.05) is 6.61 Å². The second kappa shape index (κ2) is 8.00. The first-order valence-electron chi connectivity index (χ1n) is 7.28. The average molecular weight is 311 g/mol. The summed E-state index contributed by atoms with van der Waals surface area (Å²) in [6.07, 6.45) is -1.41. The number of aromatic hydroxyl groups is 1. The van der Waals surface area contributed by atoms with E-state index >= 15 is 0 Å². The molecule has 0 aliphatic rings. The van der Waals surface area contributed by atoms with Crippen molar-refractivity contribution in [2.45, 2.75) is 52.0 Å². The molecule has 1 aromatic carbocycles. The molecule has 0 radical (unpaired) electrons. The van der Waals surface area contributed by atoms with E-state index in [0.29, 0.717) is 13.0 Å². The Morgan fingerprint density at radius 1 is 1.27 bits per heavy atom. The van der Waals surface area contributed by atoms with E-state index in [2.05, 4.69) is 5.32 Å². The molecule has 0 saturated carbocycles. The summed E-state index contributed by atoms with van der Waals surface area (Å²) in [6.45, 7) is 7.37. The Kier molecular flexibility index (Phi) is 6.64. The molecule has 2 atom stereocenters. The lowest BCUT2D eigenvalue weighted by Crippen LogP contribution is -2.47. The molecule has 124 valence electrons. The van der Waals surface area contributed by atoms with Crippen LogP contribution in [0, 0.1) is 0 Å². The van der Waals surface area contributed by atoms with Crippen LogP contribution in [-0.2, 0) is 15.9 Å². The number of aliphatic hydroxyl groups excluding tert-OH is 1. The van der Waals surface area contributed by atoms with E-state index in [-0.39, 0.29) is 5.75 Å². The number of aliphatic hydroxyl groups is 1. The number of rotatable bonds is 6. The molecule has 0 fully saturated rings. The highest BCUT2D eigenvalue weighted by atomic mass is 16.6. The normalized spacial score (nSPS) is 14.2. The zero-order valence-corrected chi connectivity index (χ0v) is 13.5. The minimum Gasteiger partial charge on any atom is -0.508 e. The highest BCUT2D eigenvalue weighted by Crippen LogP contribution is 2.14. The SMILES string of the molecule is CCOC(O)[C@H](Cc1ccc(O)cc1)NC(=O)OC(C)(C)C. The summed E-state index contributed by atoms with van der Waals surface area (Å²) in [5.74, 6) is 0.158. The Balaban J connectivity index is 2.75. The van der Waals surface area contributed by atoms with Gasteiger partial charge in [0.1, 0.15) is 11.4 Å². The monoisotopic (exact) mass is 311 g/mol. The number of nitrogens with one attached hydrogen (secondary N) is 1. The smallest absolute Gasteiger partial charge is 0.408 e. The highest BCUT2D eigenvalue weighted by molar-refractivity contribution is 5.68. The van der Waals surface area contributed by atoms with Crippen LogP contribution in [0.4, 0.5) is 4.79 Å². The number of alkyl carbamates (subject to hydrolysis) is 1. The molecule has 0 aromatic heterocycles. The van der Waals surface area contributed by atoms with Crippen molar-refractivity contribution >= 4 is 6.09 Å². The van der Waals surface area contributed by atoms with Gasteiger partial charge in [-0.1, -0.05) is 12.1 Å². The fourth-order valence-corrected chi connectivity index (χ4v) is 1.85. The van der Waals surface area contributed by atoms with Gasteiger partial charge in [0, 0.05) is 6.61 Å². The molecule has 3 N–H and O–H groups in total. The standard InChI is InChI=1S/C16H25NO5/c1-5-21-14(19)13(17-15(20)22-16(2,3)4)10-11-6-8-12(18)9-7-11/h6-9,13-14,18-19H,5,10H2,1-4H3,(H,17,20)/t13-,14?/m0/s1. The van der Waals surface area contributed by atoms with E-state index in [1.165, 1.54) is 0 Å². The molecule has 0 aliphatic carbocycles. The van der Waals surface area contributed by atoms with E-state index in [9.17, 15) is 15.0 Å². The van der Waals surface area contributed by atoms with Crippen LogP contribution in [0.5, 0.6) is 5.75 Å². The highest BCUT2D eigenvalue weighted by Gasteiger charge is 2.25. The lowest BCUT2D eigenvalue weighted by atomic mass is 10.1. The summed E-state index contributed by atoms with van der Waals surface area (Å²) in [7, 11) is 0. The van der Waals surface area contributed by atoms with Gasteiger partial charge in [-0.2, -0.15) is 0 Å². The quantitative estimate of drug-likeness (QED) is 0.701. The number of hydrogen-bond donors (Lipinski definition) is 3. The van der Waals surface area contributed by atoms with Gasteiger partial charge < -0.3 is 25.0 Å². The van der Waals surface area contributed by atoms with Crippen molar-refractivity contribution in [3.63, 3.8) is 0 Å². The molecule has 0 spiro atoms. The van der Waals surface area contributed by atoms with Crippen LogP contribution in [0.25, 0.3) is 0 Å². The van der Waals surface area contributed by atoms with Crippen LogP contribution in [0.15, 0.2) is 24.3 Å². The fraction of sp³-hybridized carbons (Fsp3) is 0.562. The van der Waals surface area contributed by atoms with E-state index < -0.39 is 24.0 Å². The van der Waals surface area contributed by atoms with Crippen LogP contribution >= 0.6 is 0 Å². The molecule has 1 amide bonds. The molecule has 0 saturated heterocycles. The lowest BCUT2D eigenvalue weighted by Gasteiger charge is -2.26. The molecular weight excluding hydrogens is 286 g/mol. The van der Waals surface area contributed by atoms with Crippen molar-refractivity contribution in [2.24, 2.45) is 0 Å². The Hall–Kier alpha value is -1.79. The topological polar surface area (TPSA) is 88.0 Å². The molecule has 0 bridgehead atoms. The number of benzene rings is 1. The predicted octanol–water partition coefficient (Wildman–Crippen LogP) is 2.18. The van der Waals surface area contributed by atoms with Gasteiger partial charge >= 0.3 is 6.09 Å². The van der Waals surface area contributed by atoms with E-state index in [0.717, 1.165) is 5.56 Å². The Morgan fingerprint density at radius 2 is 1.86 bits per heavy atom. The van der Waals surface area contributed by atoms with Crippen molar-refractivity contribution in [1.82, 2.24) is 5.32 Å². The molecule has 0 aliphatic heterocycles. The van der Waals surface area contributed by atoms with Crippen LogP contribution in [0.2, 0.25) is 0 Å². The lowest BCUT2D eigenvalue weighted by molar-refractivity contribution is -0.115. The van der Waals surface area contributed by atoms with Crippen LogP contribution < -0.4 is 5.32 Å². The number of phenols is 1. The summed E-state index contributed by atoms with van der Waals surface area (Å²) in [6, 6.07) is 5.88. The number of carbonyl (C=O) groups is 1. The van der Waals surface area contributed by atoms with Gasteiger partial charge in [0.05, 0.1) is 6.04 Å². The summed E-state index contributed by atoms with van der Waals surface area (Å²) in [5, 5.41) is 21.9. The van der Waals surface area contributed by atoms with Crippen molar-refractivity contribution in [3.05, 3.63) is 29.8 Å². The van der Waals surface area contributed by atoms with E-state index in [1.54, 1.807) is 52.0 Å². The number of hydrogen-bond acceptors (Lipinski definition) is 5. The first-order chi connectivity index (χ1) is 10.2. The van der Waals surface area contributed by atoms with Gasteiger partial charge in [-0.3, -0.25) is 0 Å². The van der Waals surface area contributed by atoms with E-state index in [1.807, 2.05) is 0 Å². The molecule has 1 aromatic rings. The van der Waals surface area contributed by atoms with Crippen LogP contribution in [0.3, 0.4) is 0 Å². The minimum absolute atomic E-state index is 0.158. The third-order valence-electron chi connectivity index (χ3n) is 2.78. The Bertz CT molecular complexity index is 466. The van der Waals surface area contributed by atoms with Gasteiger partial charge in [0.15, 0.2) is 6.29 Å². The predicted molar refractivity (Wildman–Crippen MR) is 82.6 cm³/mol. The summed E-state index contributed by atoms with van der Waals surface area (Å²) in [5.41, 5.74) is 0.224. The van der Waals surface area contributed by atoms with Crippen molar-refractivity contribution < 1.29 is 24.5 Å². The van der Waals surface area contributed by atoms with Crippen molar-refractivity contribution in [1.29, 1.82) is 0 Å². The molecule has 6 nitrogen and oxygen atoms in total. The Labute approximate surface area is 131 Å². The first-order valence-corrected chi connectivity index (χ1v) is 7.28. The molecule has 6 heteroatoms. The molecule has 22 heavy (non-hydrogen) atoms. The number of phenolic OH excluding ortho intramolecular Hbond substituents is 1. The maximum absolute atomic E-state index is 11.9. The summed E-state index contributed by atoms with van der Waals surface area (Å²) < 4.78 is 10.4. The van der Waals surface area contributed by atoms with Gasteiger partial charge in [0.2, 0.25) is 0 Å². The fourth-order valence-electron chi connectivity index (χ4n) is 1.85. The number of ether oxygens (including phenoxy) is 2. The third-order valence-corrected chi connectivity index (χ3v) is 2.78. The second-order valence-electron chi connectivity index (χ2n) is 5.97. The average Bonchev–Trinajstić information content (AvgIpc) is 2.38. The molecule has 1 rings (SSSR count). The largest absolute Gasteiger partial charge is 0.508 e. The van der Waals surface area contributed by atoms with Gasteiger partial charge in [-0.15, -0.1) is 0 Å². The zero-order valence-electron chi connectivity index (χ0n) is 13.5. The van der Waals surface area contributed by atoms with Crippen LogP contribution in [0.1, 0.15) is 33.3 Å². The zero-order chi connectivity index (χ0) is 16.8. The van der Waals surface area contributed by atoms with E-state index in [4.69, 9.17) is 9.47 Å². The van der Waals surface area contributed by atoms with Crippen molar-refractivity contribution in [3.8, 4) is 5.75 Å². The van der Waals surface area contributed by atoms with Gasteiger partial charge in [-0.25, -0.2) is 4.79 Å². The van der Waals surface area contributed by atoms with Gasteiger partial charge in [0.25, 0.3) is 0 Å². The first kappa shape index (κ1) is 18.3. The maximum Gasteiger partial charge on any atom is 0.408 e. The molecule has 0 heterocycles. The summed E-state index contributed by atoms with van der Waals surface area (Å²) in [4.78, 5) is 11.9. The number of amides is 1. The second-order valence-corrected chi connectivity index (χ2v) is 5.97. The molecular formula is C16H25NO5. The minimum atomic E-state index is -1.15. The summed E-state index contributed by atoms with van der Waals surface area (Å²) >= 11 is 0. The maximum atomic E-state index is 11.9. The van der Waals surface area contributed by atoms with Crippen LogP contribution in [-0.4, -0.2) is 40.8 Å². The Morgan fingerprint density at radius 3 is 2.36 bits per heavy atom. The third kappa shape index (κ3) is 6.78. The number of carbonyl (C=O) groups excluding carboxylic acids is 1. The molecule has 1 unspecified atom stereocenters. The van der Waals surface area contributed by atoms with Gasteiger partial charge in [-0.05, 0) is 51.8 Å².